The summed E-state index contributed by atoms with van der Waals surface area (Å²) in [5, 5.41) is 8.50. The maximum absolute atomic E-state index is 12.5. The van der Waals surface area contributed by atoms with Crippen molar-refractivity contribution in [2.45, 2.75) is 31.3 Å². The number of ether oxygens (including phenoxy) is 1. The summed E-state index contributed by atoms with van der Waals surface area (Å²) in [5.74, 6) is 0.410. The first kappa shape index (κ1) is 14.7. The van der Waals surface area contributed by atoms with Crippen LogP contribution in [0.3, 0.4) is 0 Å². The fourth-order valence-electron chi connectivity index (χ4n) is 3.18. The summed E-state index contributed by atoms with van der Waals surface area (Å²) in [4.78, 5) is 12.5. The number of hydrogen-bond donors (Lipinski definition) is 1. The molecule has 6 heteroatoms. The van der Waals surface area contributed by atoms with E-state index in [1.54, 1.807) is 7.11 Å². The van der Waals surface area contributed by atoms with Crippen LogP contribution in [0.25, 0.3) is 0 Å². The molecule has 2 aliphatic rings. The highest BCUT2D eigenvalue weighted by atomic mass is 35.5. The van der Waals surface area contributed by atoms with Crippen molar-refractivity contribution < 1.29 is 9.53 Å². The maximum atomic E-state index is 12.5. The number of nitrogens with zero attached hydrogens (tertiary/aromatic N) is 2. The maximum Gasteiger partial charge on any atom is 0.255 e. The van der Waals surface area contributed by atoms with Crippen molar-refractivity contribution in [1.29, 1.82) is 0 Å². The van der Waals surface area contributed by atoms with Gasteiger partial charge in [0.15, 0.2) is 0 Å². The summed E-state index contributed by atoms with van der Waals surface area (Å²) in [7, 11) is 1.67. The summed E-state index contributed by atoms with van der Waals surface area (Å²) in [6, 6.07) is 7.42. The zero-order chi connectivity index (χ0) is 16.0. The fraction of sp³-hybridized carbons (Fsp3) is 0.412. The molecule has 1 fully saturated rings. The molecule has 1 aromatic heterocycles. The Balaban J connectivity index is 1.79. The standard InChI is InChI=1S/C17H18ClN3O2/c1-23-9-8-21-16-13(14(20-21)10-2-3-10)17(22)19-15(16)11-4-6-12(18)7-5-11/h4-7,10,15H,2-3,8-9H2,1H3,(H,19,22). The van der Waals surface area contributed by atoms with Crippen molar-refractivity contribution in [2.24, 2.45) is 0 Å². The van der Waals surface area contributed by atoms with Gasteiger partial charge >= 0.3 is 0 Å². The molecule has 0 radical (unpaired) electrons. The average Bonchev–Trinajstić information content (AvgIpc) is 3.24. The van der Waals surface area contributed by atoms with Crippen LogP contribution in [0.15, 0.2) is 24.3 Å². The number of fused-ring (bicyclic) bond motifs is 1. The molecule has 1 aliphatic heterocycles. The number of halogens is 1. The van der Waals surface area contributed by atoms with Crippen molar-refractivity contribution in [3.05, 3.63) is 51.8 Å². The van der Waals surface area contributed by atoms with E-state index in [1.165, 1.54) is 0 Å². The minimum Gasteiger partial charge on any atom is -0.383 e. The molecule has 1 amide bonds. The molecular weight excluding hydrogens is 314 g/mol. The third kappa shape index (κ3) is 2.54. The second-order valence-corrected chi connectivity index (χ2v) is 6.53. The van der Waals surface area contributed by atoms with Crippen LogP contribution in [0.5, 0.6) is 0 Å². The number of amides is 1. The fourth-order valence-corrected chi connectivity index (χ4v) is 3.30. The summed E-state index contributed by atoms with van der Waals surface area (Å²) in [5.41, 5.74) is 3.69. The molecule has 1 aliphatic carbocycles. The quantitative estimate of drug-likeness (QED) is 0.916. The van der Waals surface area contributed by atoms with Crippen molar-refractivity contribution in [2.75, 3.05) is 13.7 Å². The predicted molar refractivity (Wildman–Crippen MR) is 86.8 cm³/mol. The molecule has 120 valence electrons. The number of carbonyl (C=O) groups excluding carboxylic acids is 1. The second-order valence-electron chi connectivity index (χ2n) is 6.09. The van der Waals surface area contributed by atoms with Gasteiger partial charge in [0, 0.05) is 18.1 Å². The number of methoxy groups -OCH3 is 1. The normalized spacial score (nSPS) is 19.7. The van der Waals surface area contributed by atoms with Gasteiger partial charge in [0.1, 0.15) is 0 Å². The lowest BCUT2D eigenvalue weighted by Gasteiger charge is -2.15. The molecular formula is C17H18ClN3O2. The average molecular weight is 332 g/mol. The smallest absolute Gasteiger partial charge is 0.255 e. The highest BCUT2D eigenvalue weighted by Gasteiger charge is 2.41. The molecule has 1 N–H and O–H groups in total. The van der Waals surface area contributed by atoms with Crippen LogP contribution in [0, 0.1) is 0 Å². The Hall–Kier alpha value is -1.85. The van der Waals surface area contributed by atoms with Gasteiger partial charge in [0.25, 0.3) is 5.91 Å². The van der Waals surface area contributed by atoms with Crippen LogP contribution in [-0.4, -0.2) is 29.4 Å². The van der Waals surface area contributed by atoms with Crippen LogP contribution in [0.4, 0.5) is 0 Å². The van der Waals surface area contributed by atoms with E-state index < -0.39 is 0 Å². The van der Waals surface area contributed by atoms with Gasteiger partial charge in [0.05, 0.1) is 36.1 Å². The van der Waals surface area contributed by atoms with Gasteiger partial charge in [-0.1, -0.05) is 23.7 Å². The van der Waals surface area contributed by atoms with Crippen LogP contribution < -0.4 is 5.32 Å². The summed E-state index contributed by atoms with van der Waals surface area (Å²) >= 11 is 5.98. The highest BCUT2D eigenvalue weighted by molar-refractivity contribution is 6.30. The van der Waals surface area contributed by atoms with E-state index in [1.807, 2.05) is 28.9 Å². The van der Waals surface area contributed by atoms with Gasteiger partial charge in [-0.05, 0) is 30.5 Å². The molecule has 4 rings (SSSR count). The van der Waals surface area contributed by atoms with E-state index in [4.69, 9.17) is 21.4 Å². The Labute approximate surface area is 139 Å². The van der Waals surface area contributed by atoms with Gasteiger partial charge in [-0.15, -0.1) is 0 Å². The number of hydrogen-bond acceptors (Lipinski definition) is 3. The lowest BCUT2D eigenvalue weighted by Crippen LogP contribution is -2.23. The zero-order valence-electron chi connectivity index (χ0n) is 12.9. The third-order valence-corrected chi connectivity index (χ3v) is 4.72. The Kier molecular flexibility index (Phi) is 3.62. The van der Waals surface area contributed by atoms with Gasteiger partial charge in [-0.2, -0.15) is 5.10 Å². The van der Waals surface area contributed by atoms with Crippen molar-refractivity contribution in [1.82, 2.24) is 15.1 Å². The van der Waals surface area contributed by atoms with E-state index in [2.05, 4.69) is 5.32 Å². The minimum atomic E-state index is -0.174. The lowest BCUT2D eigenvalue weighted by atomic mass is 10.0. The number of aromatic nitrogens is 2. The number of nitrogens with one attached hydrogen (secondary N) is 1. The number of benzene rings is 1. The summed E-state index contributed by atoms with van der Waals surface area (Å²) in [6.07, 6.45) is 2.24. The molecule has 1 unspecified atom stereocenters. The summed E-state index contributed by atoms with van der Waals surface area (Å²) < 4.78 is 7.12. The van der Waals surface area contributed by atoms with E-state index in [0.29, 0.717) is 24.1 Å². The van der Waals surface area contributed by atoms with Crippen molar-refractivity contribution in [3.8, 4) is 0 Å². The molecule has 1 saturated carbocycles. The van der Waals surface area contributed by atoms with Crippen molar-refractivity contribution >= 4 is 17.5 Å². The molecule has 2 heterocycles. The predicted octanol–water partition coefficient (Wildman–Crippen LogP) is 2.89. The molecule has 5 nitrogen and oxygen atoms in total. The van der Waals surface area contributed by atoms with Crippen molar-refractivity contribution in [3.63, 3.8) is 0 Å². The topological polar surface area (TPSA) is 56.1 Å². The Morgan fingerprint density at radius 3 is 2.74 bits per heavy atom. The lowest BCUT2D eigenvalue weighted by molar-refractivity contribution is 0.0959. The largest absolute Gasteiger partial charge is 0.383 e. The van der Waals surface area contributed by atoms with E-state index in [0.717, 1.165) is 35.4 Å². The van der Waals surface area contributed by atoms with Gasteiger partial charge in [0.2, 0.25) is 0 Å². The molecule has 1 aromatic carbocycles. The molecule has 23 heavy (non-hydrogen) atoms. The van der Waals surface area contributed by atoms with Gasteiger partial charge in [-0.3, -0.25) is 9.48 Å². The Bertz CT molecular complexity index is 750. The number of rotatable bonds is 5. The molecule has 1 atom stereocenters. The van der Waals surface area contributed by atoms with Crippen LogP contribution in [0.2, 0.25) is 5.02 Å². The van der Waals surface area contributed by atoms with Gasteiger partial charge < -0.3 is 10.1 Å². The first-order valence-electron chi connectivity index (χ1n) is 7.85. The first-order valence-corrected chi connectivity index (χ1v) is 8.22. The number of carbonyl (C=O) groups is 1. The Morgan fingerprint density at radius 1 is 1.35 bits per heavy atom. The van der Waals surface area contributed by atoms with E-state index in [9.17, 15) is 4.79 Å². The first-order chi connectivity index (χ1) is 11.2. The van der Waals surface area contributed by atoms with Crippen LogP contribution in [0.1, 0.15) is 52.1 Å². The zero-order valence-corrected chi connectivity index (χ0v) is 13.6. The third-order valence-electron chi connectivity index (χ3n) is 4.47. The monoisotopic (exact) mass is 331 g/mol. The van der Waals surface area contributed by atoms with Crippen LogP contribution in [-0.2, 0) is 11.3 Å². The van der Waals surface area contributed by atoms with Crippen LogP contribution >= 0.6 is 11.6 Å². The molecule has 0 saturated heterocycles. The van der Waals surface area contributed by atoms with Gasteiger partial charge in [-0.25, -0.2) is 0 Å². The minimum absolute atomic E-state index is 0.0227. The Morgan fingerprint density at radius 2 is 2.09 bits per heavy atom. The van der Waals surface area contributed by atoms with E-state index >= 15 is 0 Å². The second kappa shape index (κ2) is 5.65. The highest BCUT2D eigenvalue weighted by Crippen LogP contribution is 2.44. The molecule has 2 aromatic rings. The molecule has 0 bridgehead atoms. The van der Waals surface area contributed by atoms with E-state index in [-0.39, 0.29) is 11.9 Å². The summed E-state index contributed by atoms with van der Waals surface area (Å²) in [6.45, 7) is 1.21. The molecule has 0 spiro atoms. The SMILES string of the molecule is COCCn1nc(C2CC2)c2c1C(c1ccc(Cl)cc1)NC2=O.